The average Bonchev–Trinajstić information content (AvgIpc) is 2.62. The first-order valence-electron chi connectivity index (χ1n) is 9.34. The lowest BCUT2D eigenvalue weighted by molar-refractivity contribution is 0.0968. The summed E-state index contributed by atoms with van der Waals surface area (Å²) in [7, 11) is 0. The molecule has 0 atom stereocenters. The number of aromatic hydroxyl groups is 1. The van der Waals surface area contributed by atoms with E-state index in [2.05, 4.69) is 0 Å². The molecule has 0 bridgehead atoms. The van der Waals surface area contributed by atoms with Crippen LogP contribution >= 0.6 is 0 Å². The zero-order chi connectivity index (χ0) is 19.3. The van der Waals surface area contributed by atoms with Crippen molar-refractivity contribution in [1.82, 2.24) is 0 Å². The molecule has 1 N–H and O–H groups in total. The molecule has 4 nitrogen and oxygen atoms in total. The summed E-state index contributed by atoms with van der Waals surface area (Å²) in [6.07, 6.45) is 3.01. The summed E-state index contributed by atoms with van der Waals surface area (Å²) in [6.45, 7) is 5.71. The fraction of sp³-hybridized carbons (Fsp3) is 0.409. The van der Waals surface area contributed by atoms with Gasteiger partial charge in [0.2, 0.25) is 0 Å². The number of hydrogen-bond acceptors (Lipinski definition) is 4. The van der Waals surface area contributed by atoms with Crippen LogP contribution in [0.4, 0.5) is 0 Å². The van der Waals surface area contributed by atoms with Gasteiger partial charge in [0, 0.05) is 35.8 Å². The van der Waals surface area contributed by atoms with Gasteiger partial charge in [0.05, 0.1) is 5.56 Å². The predicted octanol–water partition coefficient (Wildman–Crippen LogP) is 5.49. The molecule has 0 saturated carbocycles. The number of carbonyl (C=O) groups is 3. The molecule has 0 unspecified atom stereocenters. The number of phenols is 1. The maximum atomic E-state index is 12.6. The fourth-order valence-corrected chi connectivity index (χ4v) is 3.22. The van der Waals surface area contributed by atoms with Gasteiger partial charge in [-0.15, -0.1) is 0 Å². The first kappa shape index (κ1) is 19.8. The van der Waals surface area contributed by atoms with E-state index in [1.165, 1.54) is 6.07 Å². The van der Waals surface area contributed by atoms with Crippen LogP contribution in [0.5, 0.6) is 5.75 Å². The maximum Gasteiger partial charge on any atom is 0.166 e. The van der Waals surface area contributed by atoms with Crippen molar-refractivity contribution in [3.63, 3.8) is 0 Å². The van der Waals surface area contributed by atoms with Gasteiger partial charge >= 0.3 is 0 Å². The molecule has 0 heterocycles. The Bertz CT molecular complexity index is 849. The minimum Gasteiger partial charge on any atom is -0.507 e. The molecule has 0 aliphatic carbocycles. The molecule has 0 aliphatic rings. The minimum atomic E-state index is -0.213. The molecule has 4 heteroatoms. The van der Waals surface area contributed by atoms with E-state index in [0.717, 1.165) is 0 Å². The Morgan fingerprint density at radius 3 is 1.81 bits per heavy atom. The number of carbonyl (C=O) groups excluding carboxylic acids is 3. The lowest BCUT2D eigenvalue weighted by atomic mass is 9.89. The lowest BCUT2D eigenvalue weighted by Gasteiger charge is -2.14. The lowest BCUT2D eigenvalue weighted by Crippen LogP contribution is -2.08. The second kappa shape index (κ2) is 8.75. The van der Waals surface area contributed by atoms with Crippen LogP contribution in [0.2, 0.25) is 0 Å². The van der Waals surface area contributed by atoms with Crippen LogP contribution in [0.1, 0.15) is 90.4 Å². The average molecular weight is 354 g/mol. The number of ketones is 3. The van der Waals surface area contributed by atoms with E-state index < -0.39 is 0 Å². The van der Waals surface area contributed by atoms with Crippen LogP contribution in [0, 0.1) is 0 Å². The van der Waals surface area contributed by atoms with Gasteiger partial charge in [-0.05, 0) is 30.7 Å². The van der Waals surface area contributed by atoms with Crippen molar-refractivity contribution in [3.8, 4) is 5.75 Å². The Morgan fingerprint density at radius 2 is 1.27 bits per heavy atom. The Labute approximate surface area is 154 Å². The Balaban J connectivity index is 2.84. The van der Waals surface area contributed by atoms with E-state index >= 15 is 0 Å². The van der Waals surface area contributed by atoms with Crippen LogP contribution in [0.15, 0.2) is 24.3 Å². The standard InChI is InChI=1S/C22H26O4/c1-4-8-18(23)15-12-7-11-14-16(19(24)9-5-2)13-17(20(25)10-6-3)22(26)21(14)15/h7,11-13,26H,4-6,8-10H2,1-3H3. The highest BCUT2D eigenvalue weighted by atomic mass is 16.3. The molecule has 2 rings (SSSR count). The summed E-state index contributed by atoms with van der Waals surface area (Å²) in [5.74, 6) is -0.577. The molecule has 0 fully saturated rings. The van der Waals surface area contributed by atoms with Crippen LogP contribution < -0.4 is 0 Å². The first-order valence-corrected chi connectivity index (χ1v) is 9.34. The van der Waals surface area contributed by atoms with E-state index in [-0.39, 0.29) is 35.1 Å². The van der Waals surface area contributed by atoms with Crippen LogP contribution in [-0.4, -0.2) is 22.5 Å². The first-order chi connectivity index (χ1) is 12.5. The largest absolute Gasteiger partial charge is 0.507 e. The van der Waals surface area contributed by atoms with Gasteiger partial charge < -0.3 is 5.11 Å². The SMILES string of the molecule is CCCC(=O)c1cc(C(=O)CCC)c2cccc(C(=O)CCC)c2c1O. The van der Waals surface area contributed by atoms with Gasteiger partial charge in [0.25, 0.3) is 0 Å². The van der Waals surface area contributed by atoms with Crippen molar-refractivity contribution in [2.24, 2.45) is 0 Å². The van der Waals surface area contributed by atoms with Crippen molar-refractivity contribution in [2.75, 3.05) is 0 Å². The Hall–Kier alpha value is -2.49. The summed E-state index contributed by atoms with van der Waals surface area (Å²) in [5.41, 5.74) is 0.916. The summed E-state index contributed by atoms with van der Waals surface area (Å²) in [5, 5.41) is 11.7. The van der Waals surface area contributed by atoms with E-state index in [1.54, 1.807) is 18.2 Å². The zero-order valence-electron chi connectivity index (χ0n) is 15.7. The third kappa shape index (κ3) is 3.85. The predicted molar refractivity (Wildman–Crippen MR) is 103 cm³/mol. The van der Waals surface area contributed by atoms with Crippen molar-refractivity contribution in [3.05, 3.63) is 41.0 Å². The Kier molecular flexibility index (Phi) is 6.67. The fourth-order valence-electron chi connectivity index (χ4n) is 3.22. The summed E-state index contributed by atoms with van der Waals surface area (Å²) < 4.78 is 0. The number of rotatable bonds is 9. The smallest absolute Gasteiger partial charge is 0.166 e. The van der Waals surface area contributed by atoms with Gasteiger partial charge in [-0.25, -0.2) is 0 Å². The second-order valence-corrected chi connectivity index (χ2v) is 6.57. The molecular formula is C22H26O4. The zero-order valence-corrected chi connectivity index (χ0v) is 15.7. The summed E-state index contributed by atoms with van der Waals surface area (Å²) in [4.78, 5) is 37.7. The quantitative estimate of drug-likeness (QED) is 0.604. The topological polar surface area (TPSA) is 71.4 Å². The second-order valence-electron chi connectivity index (χ2n) is 6.57. The highest BCUT2D eigenvalue weighted by Gasteiger charge is 2.23. The molecule has 2 aromatic rings. The molecule has 0 spiro atoms. The van der Waals surface area contributed by atoms with Crippen LogP contribution in [0.3, 0.4) is 0 Å². The third-order valence-electron chi connectivity index (χ3n) is 4.47. The van der Waals surface area contributed by atoms with Crippen molar-refractivity contribution in [2.45, 2.75) is 59.3 Å². The molecule has 26 heavy (non-hydrogen) atoms. The molecule has 0 radical (unpaired) electrons. The number of fused-ring (bicyclic) bond motifs is 1. The molecule has 0 amide bonds. The molecule has 138 valence electrons. The van der Waals surface area contributed by atoms with Gasteiger partial charge in [-0.2, -0.15) is 0 Å². The van der Waals surface area contributed by atoms with Crippen LogP contribution in [0.25, 0.3) is 10.8 Å². The van der Waals surface area contributed by atoms with Gasteiger partial charge in [-0.1, -0.05) is 39.0 Å². The maximum absolute atomic E-state index is 12.6. The molecule has 2 aromatic carbocycles. The molecule has 0 saturated heterocycles. The number of phenolic OH excluding ortho intramolecular Hbond substituents is 1. The van der Waals surface area contributed by atoms with E-state index in [9.17, 15) is 19.5 Å². The van der Waals surface area contributed by atoms with Crippen molar-refractivity contribution in [1.29, 1.82) is 0 Å². The van der Waals surface area contributed by atoms with Gasteiger partial charge in [0.1, 0.15) is 5.75 Å². The van der Waals surface area contributed by atoms with Crippen molar-refractivity contribution < 1.29 is 19.5 Å². The number of hydrogen-bond donors (Lipinski definition) is 1. The van der Waals surface area contributed by atoms with Crippen LogP contribution in [-0.2, 0) is 0 Å². The number of Topliss-reactive ketones (excluding diaryl/α,β-unsaturated/α-hetero) is 3. The van der Waals surface area contributed by atoms with E-state index in [0.29, 0.717) is 54.0 Å². The number of benzene rings is 2. The summed E-state index contributed by atoms with van der Waals surface area (Å²) in [6, 6.07) is 6.61. The minimum absolute atomic E-state index is 0.0804. The normalized spacial score (nSPS) is 10.9. The summed E-state index contributed by atoms with van der Waals surface area (Å²) >= 11 is 0. The van der Waals surface area contributed by atoms with Gasteiger partial charge in [0.15, 0.2) is 17.3 Å². The monoisotopic (exact) mass is 354 g/mol. The Morgan fingerprint density at radius 1 is 0.769 bits per heavy atom. The third-order valence-corrected chi connectivity index (χ3v) is 4.47. The van der Waals surface area contributed by atoms with Crippen molar-refractivity contribution >= 4 is 28.1 Å². The molecule has 0 aromatic heterocycles. The van der Waals surface area contributed by atoms with Gasteiger partial charge in [-0.3, -0.25) is 14.4 Å². The molecule has 0 aliphatic heterocycles. The molecular weight excluding hydrogens is 328 g/mol. The van der Waals surface area contributed by atoms with E-state index in [4.69, 9.17) is 0 Å². The highest BCUT2D eigenvalue weighted by Crippen LogP contribution is 2.36. The van der Waals surface area contributed by atoms with E-state index in [1.807, 2.05) is 20.8 Å². The highest BCUT2D eigenvalue weighted by molar-refractivity contribution is 6.19.